The first-order valence-electron chi connectivity index (χ1n) is 9.46. The van der Waals surface area contributed by atoms with Gasteiger partial charge in [-0.3, -0.25) is 4.79 Å². The molecule has 0 atom stereocenters. The summed E-state index contributed by atoms with van der Waals surface area (Å²) < 4.78 is 5.86. The number of carbonyl (C=O) groups excluding carboxylic acids is 1. The molecule has 3 aromatic rings. The van der Waals surface area contributed by atoms with E-state index in [4.69, 9.17) is 10.5 Å². The van der Waals surface area contributed by atoms with E-state index in [0.717, 1.165) is 24.0 Å². The van der Waals surface area contributed by atoms with Crippen molar-refractivity contribution >= 4 is 17.3 Å². The van der Waals surface area contributed by atoms with Crippen LogP contribution in [0.3, 0.4) is 0 Å². The van der Waals surface area contributed by atoms with E-state index in [1.165, 1.54) is 0 Å². The molecule has 1 saturated carbocycles. The third-order valence-corrected chi connectivity index (χ3v) is 5.21. The molecule has 144 valence electrons. The highest BCUT2D eigenvalue weighted by molar-refractivity contribution is 6.04. The lowest BCUT2D eigenvalue weighted by Crippen LogP contribution is -2.14. The second-order valence-corrected chi connectivity index (χ2v) is 7.38. The fraction of sp³-hybridized carbons (Fsp3) is 0.167. The number of ether oxygens (including phenoxy) is 1. The van der Waals surface area contributed by atoms with Crippen LogP contribution in [0.25, 0.3) is 0 Å². The first-order chi connectivity index (χ1) is 14.0. The summed E-state index contributed by atoms with van der Waals surface area (Å²) in [5.41, 5.74) is 9.00. The quantitative estimate of drug-likeness (QED) is 0.594. The van der Waals surface area contributed by atoms with Gasteiger partial charge in [0, 0.05) is 23.0 Å². The van der Waals surface area contributed by atoms with Gasteiger partial charge in [-0.2, -0.15) is 5.26 Å². The van der Waals surface area contributed by atoms with Crippen molar-refractivity contribution in [1.29, 1.82) is 5.26 Å². The van der Waals surface area contributed by atoms with Crippen LogP contribution in [0.2, 0.25) is 0 Å². The van der Waals surface area contributed by atoms with Crippen LogP contribution in [0.1, 0.15) is 34.3 Å². The first kappa shape index (κ1) is 18.6. The maximum atomic E-state index is 12.8. The molecule has 0 saturated heterocycles. The standard InChI is InChI=1S/C24H21N3O2/c1-16-5-8-21(29-20-9-6-19(26)7-10-20)14-22(16)27-23(28)17-3-2-4-18(13-17)24(15-25)11-12-24/h2-10,13-14H,11-12,26H2,1H3,(H,27,28). The molecule has 1 aliphatic carbocycles. The monoisotopic (exact) mass is 383 g/mol. The molecule has 0 bridgehead atoms. The zero-order valence-electron chi connectivity index (χ0n) is 16.1. The highest BCUT2D eigenvalue weighted by Crippen LogP contribution is 2.47. The second kappa shape index (κ2) is 7.33. The Kier molecular flexibility index (Phi) is 4.69. The van der Waals surface area contributed by atoms with Crippen LogP contribution >= 0.6 is 0 Å². The average Bonchev–Trinajstić information content (AvgIpc) is 3.54. The number of hydrogen-bond donors (Lipinski definition) is 2. The minimum absolute atomic E-state index is 0.215. The lowest BCUT2D eigenvalue weighted by Gasteiger charge is -2.13. The Morgan fingerprint density at radius 3 is 2.48 bits per heavy atom. The molecule has 1 fully saturated rings. The normalized spacial score (nSPS) is 13.9. The zero-order valence-corrected chi connectivity index (χ0v) is 16.1. The largest absolute Gasteiger partial charge is 0.457 e. The molecule has 0 heterocycles. The molecule has 0 radical (unpaired) electrons. The molecule has 1 amide bonds. The molecule has 0 aliphatic heterocycles. The van der Waals surface area contributed by atoms with Crippen molar-refractivity contribution < 1.29 is 9.53 Å². The summed E-state index contributed by atoms with van der Waals surface area (Å²) in [5.74, 6) is 1.07. The first-order valence-corrected chi connectivity index (χ1v) is 9.46. The van der Waals surface area contributed by atoms with Crippen LogP contribution in [0.5, 0.6) is 11.5 Å². The van der Waals surface area contributed by atoms with Crippen LogP contribution in [0, 0.1) is 18.3 Å². The third-order valence-electron chi connectivity index (χ3n) is 5.21. The number of hydrogen-bond acceptors (Lipinski definition) is 4. The maximum Gasteiger partial charge on any atom is 0.255 e. The van der Waals surface area contributed by atoms with Crippen LogP contribution in [-0.4, -0.2) is 5.91 Å². The van der Waals surface area contributed by atoms with E-state index in [0.29, 0.717) is 28.4 Å². The molecule has 3 N–H and O–H groups in total. The van der Waals surface area contributed by atoms with Crippen LogP contribution < -0.4 is 15.8 Å². The van der Waals surface area contributed by atoms with Crippen molar-refractivity contribution in [3.63, 3.8) is 0 Å². The van der Waals surface area contributed by atoms with Gasteiger partial charge in [0.25, 0.3) is 5.91 Å². The van der Waals surface area contributed by atoms with Gasteiger partial charge in [-0.1, -0.05) is 18.2 Å². The second-order valence-electron chi connectivity index (χ2n) is 7.38. The van der Waals surface area contributed by atoms with Crippen molar-refractivity contribution in [3.8, 4) is 17.6 Å². The van der Waals surface area contributed by atoms with Crippen LogP contribution in [-0.2, 0) is 5.41 Å². The van der Waals surface area contributed by atoms with Gasteiger partial charge >= 0.3 is 0 Å². The number of anilines is 2. The minimum Gasteiger partial charge on any atom is -0.457 e. The van der Waals surface area contributed by atoms with Gasteiger partial charge in [0.2, 0.25) is 0 Å². The number of nitriles is 1. The molecule has 5 nitrogen and oxygen atoms in total. The van der Waals surface area contributed by atoms with Gasteiger partial charge in [0.15, 0.2) is 0 Å². The van der Waals surface area contributed by atoms with Gasteiger partial charge < -0.3 is 15.8 Å². The number of rotatable bonds is 5. The number of nitrogens with one attached hydrogen (secondary N) is 1. The van der Waals surface area contributed by atoms with Crippen molar-refractivity contribution in [1.82, 2.24) is 0 Å². The van der Waals surface area contributed by atoms with E-state index in [2.05, 4.69) is 11.4 Å². The number of aryl methyl sites for hydroxylation is 1. The lowest BCUT2D eigenvalue weighted by molar-refractivity contribution is 0.102. The van der Waals surface area contributed by atoms with E-state index < -0.39 is 5.41 Å². The Hall–Kier alpha value is -3.78. The fourth-order valence-electron chi connectivity index (χ4n) is 3.21. The number of benzene rings is 3. The van der Waals surface area contributed by atoms with E-state index in [-0.39, 0.29) is 5.91 Å². The zero-order chi connectivity index (χ0) is 20.4. The molecule has 0 aromatic heterocycles. The highest BCUT2D eigenvalue weighted by Gasteiger charge is 2.45. The number of carbonyl (C=O) groups is 1. The Bertz CT molecular complexity index is 1110. The van der Waals surface area contributed by atoms with E-state index in [1.54, 1.807) is 36.4 Å². The summed E-state index contributed by atoms with van der Waals surface area (Å²) in [5, 5.41) is 12.4. The van der Waals surface area contributed by atoms with E-state index in [1.807, 2.05) is 37.3 Å². The van der Waals surface area contributed by atoms with Crippen molar-refractivity contribution in [2.75, 3.05) is 11.1 Å². The summed E-state index contributed by atoms with van der Waals surface area (Å²) in [4.78, 5) is 12.8. The fourth-order valence-corrected chi connectivity index (χ4v) is 3.21. The van der Waals surface area contributed by atoms with Crippen molar-refractivity contribution in [2.24, 2.45) is 0 Å². The summed E-state index contributed by atoms with van der Waals surface area (Å²) in [7, 11) is 0. The van der Waals surface area contributed by atoms with Gasteiger partial charge in [-0.25, -0.2) is 0 Å². The minimum atomic E-state index is -0.418. The van der Waals surface area contributed by atoms with Crippen molar-refractivity contribution in [2.45, 2.75) is 25.2 Å². The molecule has 1 aliphatic rings. The number of nitrogen functional groups attached to an aromatic ring is 1. The Balaban J connectivity index is 1.53. The summed E-state index contributed by atoms with van der Waals surface area (Å²) in [6.45, 7) is 1.92. The molecule has 3 aromatic carbocycles. The van der Waals surface area contributed by atoms with Crippen LogP contribution in [0.4, 0.5) is 11.4 Å². The van der Waals surface area contributed by atoms with Gasteiger partial charge in [-0.15, -0.1) is 0 Å². The molecule has 29 heavy (non-hydrogen) atoms. The predicted molar refractivity (Wildman–Crippen MR) is 113 cm³/mol. The SMILES string of the molecule is Cc1ccc(Oc2ccc(N)cc2)cc1NC(=O)c1cccc(C2(C#N)CC2)c1. The smallest absolute Gasteiger partial charge is 0.255 e. The summed E-state index contributed by atoms with van der Waals surface area (Å²) in [6, 6.07) is 22.4. The Labute approximate surface area is 169 Å². The van der Waals surface area contributed by atoms with Gasteiger partial charge in [0.1, 0.15) is 11.5 Å². The molecule has 5 heteroatoms. The van der Waals surface area contributed by atoms with Gasteiger partial charge in [-0.05, 0) is 73.4 Å². The Morgan fingerprint density at radius 1 is 1.07 bits per heavy atom. The Morgan fingerprint density at radius 2 is 1.79 bits per heavy atom. The molecular formula is C24H21N3O2. The van der Waals surface area contributed by atoms with Gasteiger partial charge in [0.05, 0.1) is 11.5 Å². The third kappa shape index (κ3) is 3.92. The number of amides is 1. The topological polar surface area (TPSA) is 88.1 Å². The number of nitrogens with two attached hydrogens (primary N) is 1. The molecule has 0 spiro atoms. The maximum absolute atomic E-state index is 12.8. The van der Waals surface area contributed by atoms with Crippen LogP contribution in [0.15, 0.2) is 66.7 Å². The van der Waals surface area contributed by atoms with Crippen molar-refractivity contribution in [3.05, 3.63) is 83.4 Å². The molecular weight excluding hydrogens is 362 g/mol. The number of nitrogens with zero attached hydrogens (tertiary/aromatic N) is 1. The summed E-state index contributed by atoms with van der Waals surface area (Å²) in [6.07, 6.45) is 1.69. The molecule has 0 unspecified atom stereocenters. The predicted octanol–water partition coefficient (Wildman–Crippen LogP) is 5.18. The van der Waals surface area contributed by atoms with E-state index >= 15 is 0 Å². The van der Waals surface area contributed by atoms with E-state index in [9.17, 15) is 10.1 Å². The lowest BCUT2D eigenvalue weighted by atomic mass is 9.96. The average molecular weight is 383 g/mol. The highest BCUT2D eigenvalue weighted by atomic mass is 16.5. The summed E-state index contributed by atoms with van der Waals surface area (Å²) >= 11 is 0. The molecule has 4 rings (SSSR count).